The van der Waals surface area contributed by atoms with Crippen LogP contribution >= 0.6 is 24.8 Å². The number of unbranched alkanes of at least 4 members (excludes halogenated alkanes) is 5. The van der Waals surface area contributed by atoms with E-state index in [0.717, 1.165) is 80.1 Å². The molecule has 3 saturated carbocycles. The maximum atomic E-state index is 12.0. The van der Waals surface area contributed by atoms with Crippen molar-refractivity contribution < 1.29 is 9.90 Å². The molecule has 0 aromatic heterocycles. The Morgan fingerprint density at radius 1 is 0.917 bits per heavy atom. The molecule has 282 valence electrons. The molecule has 0 aliphatic heterocycles. The SMILES string of the molecule is CC[C@H](CC[C@@H](C)[C@H]1CC[C@H]2[C@@H]3CC=C4C[C@@H](C(N)CCN(CCCCCCCCN)C(=O)O)CC[C@]4(C)[C@H]3CC[C@]12C)C(C)C.Cl.Cl. The summed E-state index contributed by atoms with van der Waals surface area (Å²) >= 11 is 0. The van der Waals surface area contributed by atoms with Gasteiger partial charge in [0, 0.05) is 19.1 Å². The minimum absolute atomic E-state index is 0. The number of allylic oxidation sites excluding steroid dienone is 2. The van der Waals surface area contributed by atoms with Crippen LogP contribution in [0.2, 0.25) is 0 Å². The molecular formula is C41H77Cl2N3O2. The van der Waals surface area contributed by atoms with Crippen LogP contribution in [0.1, 0.15) is 157 Å². The molecule has 10 atom stereocenters. The van der Waals surface area contributed by atoms with E-state index in [1.165, 1.54) is 83.5 Å². The first-order valence-electron chi connectivity index (χ1n) is 20.1. The fourth-order valence-corrected chi connectivity index (χ4v) is 11.7. The Labute approximate surface area is 308 Å². The predicted molar refractivity (Wildman–Crippen MR) is 209 cm³/mol. The number of nitrogens with two attached hydrogens (primary N) is 2. The Morgan fingerprint density at radius 3 is 2.25 bits per heavy atom. The van der Waals surface area contributed by atoms with Crippen molar-refractivity contribution in [3.8, 4) is 0 Å². The van der Waals surface area contributed by atoms with E-state index in [2.05, 4.69) is 47.6 Å². The number of halogens is 2. The minimum Gasteiger partial charge on any atom is -0.465 e. The zero-order valence-corrected chi connectivity index (χ0v) is 33.5. The molecule has 7 heteroatoms. The summed E-state index contributed by atoms with van der Waals surface area (Å²) in [6.07, 6.45) is 24.1. The summed E-state index contributed by atoms with van der Waals surface area (Å²) in [6.45, 7) is 17.1. The third-order valence-corrected chi connectivity index (χ3v) is 14.9. The summed E-state index contributed by atoms with van der Waals surface area (Å²) in [6, 6.07) is 0.0796. The first-order chi connectivity index (χ1) is 22.0. The lowest BCUT2D eigenvalue weighted by Gasteiger charge is -2.59. The number of fused-ring (bicyclic) bond motifs is 5. The van der Waals surface area contributed by atoms with Crippen molar-refractivity contribution in [2.24, 2.45) is 69.6 Å². The average Bonchev–Trinajstić information content (AvgIpc) is 3.38. The first kappa shape index (κ1) is 43.7. The van der Waals surface area contributed by atoms with Crippen molar-refractivity contribution in [1.82, 2.24) is 4.90 Å². The number of hydrogen-bond acceptors (Lipinski definition) is 3. The van der Waals surface area contributed by atoms with Crippen molar-refractivity contribution in [3.63, 3.8) is 0 Å². The van der Waals surface area contributed by atoms with Crippen LogP contribution in [-0.2, 0) is 0 Å². The molecule has 0 bridgehead atoms. The van der Waals surface area contributed by atoms with E-state index in [1.54, 1.807) is 10.5 Å². The van der Waals surface area contributed by atoms with Crippen molar-refractivity contribution in [1.29, 1.82) is 0 Å². The molecule has 1 unspecified atom stereocenters. The van der Waals surface area contributed by atoms with Gasteiger partial charge in [0.2, 0.25) is 0 Å². The third-order valence-electron chi connectivity index (χ3n) is 14.9. The standard InChI is InChI=1S/C41H75N3O2.2ClH/c1-7-31(29(2)3)15-14-30(4)35-18-19-36-34-17-16-33-28-32(20-23-40(33,5)37(34)21-24-41(35,36)6)38(43)22-27-44(39(45)46)26-13-11-9-8-10-12-25-42;;/h16,29-32,34-38H,7-15,17-28,42-43H2,1-6H3,(H,45,46);2*1H/t30-,31-,32+,34+,35-,36+,37+,38?,40+,41-;;/m1../s1. The second-order valence-electron chi connectivity index (χ2n) is 17.6. The van der Waals surface area contributed by atoms with Crippen molar-refractivity contribution in [2.45, 2.75) is 163 Å². The maximum absolute atomic E-state index is 12.0. The van der Waals surface area contributed by atoms with E-state index in [0.29, 0.717) is 29.8 Å². The fraction of sp³-hybridized carbons (Fsp3) is 0.927. The van der Waals surface area contributed by atoms with E-state index in [9.17, 15) is 9.90 Å². The van der Waals surface area contributed by atoms with Crippen LogP contribution < -0.4 is 11.5 Å². The Morgan fingerprint density at radius 2 is 1.60 bits per heavy atom. The van der Waals surface area contributed by atoms with Gasteiger partial charge in [-0.3, -0.25) is 0 Å². The van der Waals surface area contributed by atoms with Gasteiger partial charge in [0.1, 0.15) is 0 Å². The summed E-state index contributed by atoms with van der Waals surface area (Å²) in [5.41, 5.74) is 15.0. The lowest BCUT2D eigenvalue weighted by atomic mass is 9.46. The number of amides is 1. The van der Waals surface area contributed by atoms with E-state index in [1.807, 2.05) is 0 Å². The van der Waals surface area contributed by atoms with Crippen molar-refractivity contribution in [2.75, 3.05) is 19.6 Å². The van der Waals surface area contributed by atoms with Gasteiger partial charge in [-0.05, 0) is 142 Å². The van der Waals surface area contributed by atoms with Gasteiger partial charge in [0.05, 0.1) is 0 Å². The lowest BCUT2D eigenvalue weighted by molar-refractivity contribution is -0.0536. The monoisotopic (exact) mass is 714 g/mol. The van der Waals surface area contributed by atoms with Crippen LogP contribution in [0.5, 0.6) is 0 Å². The Hall–Kier alpha value is -0.490. The highest BCUT2D eigenvalue weighted by molar-refractivity contribution is 5.85. The molecule has 0 aromatic rings. The second-order valence-corrected chi connectivity index (χ2v) is 17.6. The molecule has 5 nitrogen and oxygen atoms in total. The van der Waals surface area contributed by atoms with Crippen LogP contribution in [0.25, 0.3) is 0 Å². The Kier molecular flexibility index (Phi) is 18.1. The topological polar surface area (TPSA) is 92.6 Å². The molecule has 0 saturated heterocycles. The van der Waals surface area contributed by atoms with Gasteiger partial charge in [0.25, 0.3) is 0 Å². The van der Waals surface area contributed by atoms with Gasteiger partial charge in [0.15, 0.2) is 0 Å². The molecule has 48 heavy (non-hydrogen) atoms. The van der Waals surface area contributed by atoms with Gasteiger partial charge < -0.3 is 21.5 Å². The molecule has 3 fully saturated rings. The normalized spacial score (nSPS) is 32.9. The van der Waals surface area contributed by atoms with Gasteiger partial charge in [-0.1, -0.05) is 91.7 Å². The summed E-state index contributed by atoms with van der Waals surface area (Å²) < 4.78 is 0. The van der Waals surface area contributed by atoms with E-state index >= 15 is 0 Å². The lowest BCUT2D eigenvalue weighted by Crippen LogP contribution is -2.51. The van der Waals surface area contributed by atoms with Crippen molar-refractivity contribution >= 4 is 30.9 Å². The van der Waals surface area contributed by atoms with Crippen LogP contribution in [0.4, 0.5) is 4.79 Å². The van der Waals surface area contributed by atoms with Crippen LogP contribution in [-0.4, -0.2) is 41.8 Å². The maximum Gasteiger partial charge on any atom is 0.407 e. The molecule has 0 radical (unpaired) electrons. The minimum atomic E-state index is -0.791. The van der Waals surface area contributed by atoms with E-state index in [4.69, 9.17) is 11.5 Å². The molecule has 4 aliphatic rings. The molecule has 1 amide bonds. The second kappa shape index (κ2) is 19.9. The van der Waals surface area contributed by atoms with E-state index < -0.39 is 6.09 Å². The molecule has 0 spiro atoms. The summed E-state index contributed by atoms with van der Waals surface area (Å²) in [4.78, 5) is 13.6. The third kappa shape index (κ3) is 10.1. The van der Waals surface area contributed by atoms with Gasteiger partial charge >= 0.3 is 6.09 Å². The number of carbonyl (C=O) groups is 1. The largest absolute Gasteiger partial charge is 0.465 e. The summed E-state index contributed by atoms with van der Waals surface area (Å²) in [5.74, 6) is 6.52. The number of nitrogens with zero attached hydrogens (tertiary/aromatic N) is 1. The Bertz CT molecular complexity index is 993. The predicted octanol–water partition coefficient (Wildman–Crippen LogP) is 11.1. The average molecular weight is 715 g/mol. The zero-order valence-electron chi connectivity index (χ0n) is 31.9. The highest BCUT2D eigenvalue weighted by Crippen LogP contribution is 2.67. The number of hydrogen-bond donors (Lipinski definition) is 3. The van der Waals surface area contributed by atoms with E-state index in [-0.39, 0.29) is 30.9 Å². The zero-order chi connectivity index (χ0) is 33.5. The smallest absolute Gasteiger partial charge is 0.407 e. The summed E-state index contributed by atoms with van der Waals surface area (Å²) in [7, 11) is 0. The molecular weight excluding hydrogens is 637 g/mol. The molecule has 4 aliphatic carbocycles. The van der Waals surface area contributed by atoms with Gasteiger partial charge in [-0.15, -0.1) is 24.8 Å². The molecule has 4 rings (SSSR count). The van der Waals surface area contributed by atoms with Crippen LogP contribution in [0.3, 0.4) is 0 Å². The molecule has 0 aromatic carbocycles. The van der Waals surface area contributed by atoms with Gasteiger partial charge in [-0.25, -0.2) is 4.79 Å². The first-order valence-corrected chi connectivity index (χ1v) is 20.1. The Balaban J connectivity index is 0.00000400. The number of rotatable bonds is 18. The highest BCUT2D eigenvalue weighted by Gasteiger charge is 2.59. The summed E-state index contributed by atoms with van der Waals surface area (Å²) in [5, 5.41) is 9.84. The van der Waals surface area contributed by atoms with Gasteiger partial charge in [-0.2, -0.15) is 0 Å². The van der Waals surface area contributed by atoms with Crippen molar-refractivity contribution in [3.05, 3.63) is 11.6 Å². The molecule has 5 N–H and O–H groups in total. The highest BCUT2D eigenvalue weighted by atomic mass is 35.5. The van der Waals surface area contributed by atoms with Crippen LogP contribution in [0, 0.1) is 58.2 Å². The fourth-order valence-electron chi connectivity index (χ4n) is 11.7. The quantitative estimate of drug-likeness (QED) is 0.0973. The molecule has 0 heterocycles. The van der Waals surface area contributed by atoms with Crippen LogP contribution in [0.15, 0.2) is 11.6 Å². The number of carboxylic acid groups (broad SMARTS) is 1.